The number of hydrogen-bond donors (Lipinski definition) is 1. The van der Waals surface area contributed by atoms with Crippen LogP contribution in [-0.2, 0) is 19.4 Å². The number of aliphatic hydroxyl groups is 1. The van der Waals surface area contributed by atoms with Gasteiger partial charge in [0.1, 0.15) is 0 Å². The molecule has 184 valence electrons. The first-order valence-corrected chi connectivity index (χ1v) is 13.1. The maximum Gasteiger partial charge on any atom is 1.00 e. The molecule has 4 rings (SSSR count). The van der Waals surface area contributed by atoms with Gasteiger partial charge in [0.05, 0.1) is 13.6 Å². The Morgan fingerprint density at radius 3 is 2.47 bits per heavy atom. The number of carboxylic acid groups (broad SMARTS) is 1. The van der Waals surface area contributed by atoms with E-state index in [0.29, 0.717) is 12.8 Å². The van der Waals surface area contributed by atoms with E-state index in [0.717, 1.165) is 19.3 Å². The number of carbonyl (C=O) groups is 1. The van der Waals surface area contributed by atoms with Crippen molar-refractivity contribution in [1.82, 2.24) is 0 Å². The van der Waals surface area contributed by atoms with Crippen LogP contribution in [0.5, 0.6) is 0 Å². The van der Waals surface area contributed by atoms with E-state index in [2.05, 4.69) is 18.0 Å². The number of carboxylic acids is 1. The van der Waals surface area contributed by atoms with Crippen LogP contribution in [0.3, 0.4) is 0 Å². The molecular formula is C24H38Na2O7S. The van der Waals surface area contributed by atoms with Crippen LogP contribution in [0.4, 0.5) is 0 Å². The molecule has 1 N–H and O–H groups in total. The van der Waals surface area contributed by atoms with E-state index in [4.69, 9.17) is 6.85 Å². The number of hydrogen-bond acceptors (Lipinski definition) is 7. The average Bonchev–Trinajstić information content (AvgIpc) is 3.08. The van der Waals surface area contributed by atoms with Gasteiger partial charge in [-0.2, -0.15) is 0 Å². The van der Waals surface area contributed by atoms with E-state index >= 15 is 0 Å². The van der Waals surface area contributed by atoms with Gasteiger partial charge < -0.3 is 19.6 Å². The fourth-order valence-corrected chi connectivity index (χ4v) is 8.37. The van der Waals surface area contributed by atoms with E-state index < -0.39 is 52.6 Å². The van der Waals surface area contributed by atoms with Crippen molar-refractivity contribution in [2.45, 2.75) is 97.1 Å². The number of aliphatic hydroxyl groups excluding tert-OH is 1. The Labute approximate surface area is 256 Å². The largest absolute Gasteiger partial charge is 1.00 e. The Bertz CT molecular complexity index is 1050. The van der Waals surface area contributed by atoms with Crippen molar-refractivity contribution in [3.63, 3.8) is 0 Å². The van der Waals surface area contributed by atoms with Gasteiger partial charge in [-0.15, -0.1) is 0 Å². The molecule has 0 bridgehead atoms. The predicted octanol–water partition coefficient (Wildman–Crippen LogP) is -3.36. The third kappa shape index (κ3) is 5.97. The van der Waals surface area contributed by atoms with Gasteiger partial charge in [-0.05, 0) is 110 Å². The smallest absolute Gasteiger partial charge is 0.726 e. The first-order valence-electron chi connectivity index (χ1n) is 14.3. The van der Waals surface area contributed by atoms with Gasteiger partial charge >= 0.3 is 59.1 Å². The average molecular weight is 522 g/mol. The van der Waals surface area contributed by atoms with Crippen LogP contribution in [0.25, 0.3) is 0 Å². The third-order valence-electron chi connectivity index (χ3n) is 9.58. The molecule has 7 nitrogen and oxygen atoms in total. The molecule has 0 amide bonds. The third-order valence-corrected chi connectivity index (χ3v) is 9.95. The zero-order chi connectivity index (χ0) is 28.0. The Kier molecular flexibility index (Phi) is 8.30. The number of aliphatic carboxylic acids is 1. The van der Waals surface area contributed by atoms with Gasteiger partial charge in [-0.3, -0.25) is 4.18 Å². The van der Waals surface area contributed by atoms with Crippen LogP contribution >= 0.6 is 0 Å². The fraction of sp³-hybridized carbons (Fsp3) is 0.958. The van der Waals surface area contributed by atoms with Crippen LogP contribution in [-0.4, -0.2) is 36.2 Å². The summed E-state index contributed by atoms with van der Waals surface area (Å²) < 4.78 is 81.8. The summed E-state index contributed by atoms with van der Waals surface area (Å²) in [6.45, 7) is 6.03. The van der Waals surface area contributed by atoms with Crippen molar-refractivity contribution in [2.24, 2.45) is 46.3 Å². The minimum absolute atomic E-state index is 0. The molecule has 4 fully saturated rings. The first kappa shape index (κ1) is 24.3. The molecule has 0 aromatic heterocycles. The predicted molar refractivity (Wildman–Crippen MR) is 115 cm³/mol. The molecular weight excluding hydrogens is 478 g/mol. The summed E-state index contributed by atoms with van der Waals surface area (Å²) >= 11 is 0. The molecule has 0 aliphatic heterocycles. The summed E-state index contributed by atoms with van der Waals surface area (Å²) in [5.74, 6) is -2.16. The maximum atomic E-state index is 11.5. The molecule has 0 radical (unpaired) electrons. The summed E-state index contributed by atoms with van der Waals surface area (Å²) in [6.07, 6.45) is -6.77. The monoisotopic (exact) mass is 521 g/mol. The summed E-state index contributed by atoms with van der Waals surface area (Å²) in [6, 6.07) is 0. The zero-order valence-corrected chi connectivity index (χ0v) is 25.8. The minimum atomic E-state index is -5.58. The van der Waals surface area contributed by atoms with E-state index in [-0.39, 0.29) is 113 Å². The van der Waals surface area contributed by atoms with E-state index in [1.807, 2.05) is 0 Å². The standard InChI is InChI=1S/C24H40O7S.2Na/c1-14(4-7-21(26)27)17-5-6-18-22-19(9-11-24(17,18)3)23(2)10-8-16(31-32(28,29)30)12-15(23)13-20(22)25;;/h14-20,22,25H,4-13H2,1-3H3,(H,26,27)(H,28,29,30);;/q;2*+1/p-2/t14-,15+,16-,17-,18+,19+,20-,22+,23+,24-;;/m1../s1/i8D2,12D2,16D;;. The second kappa shape index (κ2) is 11.6. The van der Waals surface area contributed by atoms with Gasteiger partial charge in [0, 0.05) is 11.5 Å². The number of carbonyl (C=O) groups excluding carboxylic acids is 1. The number of fused-ring (bicyclic) bond motifs is 5. The molecule has 0 aromatic carbocycles. The van der Waals surface area contributed by atoms with Gasteiger partial charge in [0.15, 0.2) is 0 Å². The first-order chi connectivity index (χ1) is 16.7. The van der Waals surface area contributed by atoms with Gasteiger partial charge in [0.2, 0.25) is 10.4 Å². The van der Waals surface area contributed by atoms with Crippen molar-refractivity contribution >= 4 is 16.4 Å². The van der Waals surface area contributed by atoms with E-state index in [1.54, 1.807) is 6.92 Å². The molecule has 10 atom stereocenters. The normalized spacial score (nSPS) is 51.7. The van der Waals surface area contributed by atoms with Crippen molar-refractivity contribution in [3.8, 4) is 0 Å². The molecule has 0 spiro atoms. The van der Waals surface area contributed by atoms with E-state index in [9.17, 15) is 28.0 Å². The quantitative estimate of drug-likeness (QED) is 0.220. The van der Waals surface area contributed by atoms with Crippen LogP contribution in [0, 0.1) is 46.3 Å². The summed E-state index contributed by atoms with van der Waals surface area (Å²) in [4.78, 5) is 11.0. The van der Waals surface area contributed by atoms with E-state index in [1.165, 1.54) is 0 Å². The minimum Gasteiger partial charge on any atom is -0.726 e. The maximum absolute atomic E-state index is 11.5. The molecule has 10 heteroatoms. The van der Waals surface area contributed by atoms with Crippen molar-refractivity contribution in [3.05, 3.63) is 0 Å². The van der Waals surface area contributed by atoms with Gasteiger partial charge in [-0.1, -0.05) is 20.8 Å². The van der Waals surface area contributed by atoms with Crippen molar-refractivity contribution < 1.29 is 98.1 Å². The van der Waals surface area contributed by atoms with Gasteiger partial charge in [0.25, 0.3) is 0 Å². The Morgan fingerprint density at radius 2 is 1.85 bits per heavy atom. The molecule has 0 unspecified atom stereocenters. The van der Waals surface area contributed by atoms with Crippen LogP contribution in [0.1, 0.15) is 91.7 Å². The Morgan fingerprint density at radius 1 is 1.21 bits per heavy atom. The van der Waals surface area contributed by atoms with Gasteiger partial charge in [-0.25, -0.2) is 8.42 Å². The molecule has 4 aliphatic rings. The summed E-state index contributed by atoms with van der Waals surface area (Å²) in [7, 11) is -5.58. The second-order valence-corrected chi connectivity index (χ2v) is 12.1. The summed E-state index contributed by atoms with van der Waals surface area (Å²) in [5.41, 5.74) is -1.15. The van der Waals surface area contributed by atoms with Crippen LogP contribution < -0.4 is 64.2 Å². The Balaban J connectivity index is 0.00000267. The fourth-order valence-electron chi connectivity index (χ4n) is 8.06. The number of rotatable bonds is 6. The molecule has 4 aliphatic carbocycles. The van der Waals surface area contributed by atoms with Crippen LogP contribution in [0.15, 0.2) is 0 Å². The van der Waals surface area contributed by atoms with Crippen molar-refractivity contribution in [1.29, 1.82) is 0 Å². The molecule has 0 aromatic rings. The second-order valence-electron chi connectivity index (χ2n) is 11.1. The molecule has 0 saturated heterocycles. The topological polar surface area (TPSA) is 127 Å². The summed E-state index contributed by atoms with van der Waals surface area (Å²) in [5, 5.41) is 22.5. The molecule has 0 heterocycles. The molecule has 34 heavy (non-hydrogen) atoms. The zero-order valence-electron chi connectivity index (χ0n) is 26.0. The van der Waals surface area contributed by atoms with Crippen LogP contribution in [0.2, 0.25) is 0 Å². The molecule has 4 saturated carbocycles. The SMILES string of the molecule is [2H]C1([2H])C[C@@]2(C)[C@H](C[C@@H](O)[C@@H]3[C@@H]2CC[C@]2(C)[C@@H]([C@H](C)CCC(=O)[O-])CC[C@@H]32)C([2H])([2H])[C@]1([2H])OS(=O)(=O)[O-].[Na+].[Na+]. The Hall–Kier alpha value is 1.30. The van der Waals surface area contributed by atoms with Crippen molar-refractivity contribution in [2.75, 3.05) is 0 Å².